The van der Waals surface area contributed by atoms with Gasteiger partial charge in [-0.1, -0.05) is 0 Å². The molecule has 0 aliphatic carbocycles. The number of hydrogen-bond donors (Lipinski definition) is 1. The molecule has 0 fully saturated rings. The summed E-state index contributed by atoms with van der Waals surface area (Å²) in [5.41, 5.74) is 1.25. The molecule has 16 heavy (non-hydrogen) atoms. The lowest BCUT2D eigenvalue weighted by Gasteiger charge is -2.01. The third-order valence-electron chi connectivity index (χ3n) is 2.46. The number of nitrogens with zero attached hydrogens (tertiary/aromatic N) is 1. The van der Waals surface area contributed by atoms with Gasteiger partial charge < -0.3 is 9.73 Å². The summed E-state index contributed by atoms with van der Waals surface area (Å²) in [6, 6.07) is 2.09. The third kappa shape index (κ3) is 2.93. The van der Waals surface area contributed by atoms with Crippen molar-refractivity contribution in [2.24, 2.45) is 0 Å². The number of aryl methyl sites for hydroxylation is 2. The second-order valence-electron chi connectivity index (χ2n) is 3.79. The van der Waals surface area contributed by atoms with Crippen LogP contribution < -0.4 is 5.32 Å². The van der Waals surface area contributed by atoms with Crippen LogP contribution >= 0.6 is 11.3 Å². The van der Waals surface area contributed by atoms with Gasteiger partial charge in [-0.15, -0.1) is 11.3 Å². The Kier molecular flexibility index (Phi) is 3.74. The van der Waals surface area contributed by atoms with Crippen LogP contribution in [0.4, 0.5) is 0 Å². The fourth-order valence-electron chi connectivity index (χ4n) is 1.65. The van der Waals surface area contributed by atoms with E-state index in [1.807, 2.05) is 25.4 Å². The van der Waals surface area contributed by atoms with Crippen LogP contribution in [-0.4, -0.2) is 11.5 Å². The number of aromatic nitrogens is 1. The summed E-state index contributed by atoms with van der Waals surface area (Å²) < 4.78 is 5.47. The maximum Gasteiger partial charge on any atom is 0.105 e. The zero-order valence-corrected chi connectivity index (χ0v) is 10.4. The summed E-state index contributed by atoms with van der Waals surface area (Å²) in [5, 5.41) is 6.60. The highest BCUT2D eigenvalue weighted by molar-refractivity contribution is 7.09. The van der Waals surface area contributed by atoms with Gasteiger partial charge in [-0.2, -0.15) is 0 Å². The van der Waals surface area contributed by atoms with Crippen molar-refractivity contribution >= 4 is 11.3 Å². The van der Waals surface area contributed by atoms with Crippen molar-refractivity contribution in [3.05, 3.63) is 39.7 Å². The van der Waals surface area contributed by atoms with E-state index in [1.54, 1.807) is 11.3 Å². The first-order chi connectivity index (χ1) is 7.75. The molecule has 0 atom stereocenters. The van der Waals surface area contributed by atoms with E-state index >= 15 is 0 Å². The highest BCUT2D eigenvalue weighted by Crippen LogP contribution is 2.13. The molecule has 0 aromatic carbocycles. The maximum atomic E-state index is 5.47. The molecule has 0 spiro atoms. The Balaban J connectivity index is 1.74. The molecule has 0 saturated heterocycles. The first-order valence-electron chi connectivity index (χ1n) is 5.40. The molecule has 0 aliphatic heterocycles. The SMILES string of the molecule is Cc1cc(CNCCc2nccs2)c(C)o1. The molecule has 0 saturated carbocycles. The van der Waals surface area contributed by atoms with Crippen LogP contribution in [0.25, 0.3) is 0 Å². The first kappa shape index (κ1) is 11.4. The molecule has 2 rings (SSSR count). The average Bonchev–Trinajstić information content (AvgIpc) is 2.84. The van der Waals surface area contributed by atoms with Crippen molar-refractivity contribution in [2.45, 2.75) is 26.8 Å². The molecule has 4 heteroatoms. The molecule has 3 nitrogen and oxygen atoms in total. The normalized spacial score (nSPS) is 10.9. The van der Waals surface area contributed by atoms with Gasteiger partial charge in [0.1, 0.15) is 11.5 Å². The van der Waals surface area contributed by atoms with Gasteiger partial charge in [0.15, 0.2) is 0 Å². The Labute approximate surface area is 99.5 Å². The summed E-state index contributed by atoms with van der Waals surface area (Å²) in [4.78, 5) is 4.24. The Bertz CT molecular complexity index is 434. The minimum absolute atomic E-state index is 0.870. The van der Waals surface area contributed by atoms with Crippen molar-refractivity contribution in [1.82, 2.24) is 10.3 Å². The molecule has 0 aliphatic rings. The van der Waals surface area contributed by atoms with Crippen LogP contribution in [0.2, 0.25) is 0 Å². The Hall–Kier alpha value is -1.13. The number of thiazole rings is 1. The Morgan fingerprint density at radius 1 is 1.44 bits per heavy atom. The van der Waals surface area contributed by atoms with Gasteiger partial charge in [-0.05, 0) is 19.9 Å². The third-order valence-corrected chi connectivity index (χ3v) is 3.30. The summed E-state index contributed by atoms with van der Waals surface area (Å²) in [5.74, 6) is 1.99. The first-order valence-corrected chi connectivity index (χ1v) is 6.28. The summed E-state index contributed by atoms with van der Waals surface area (Å²) in [6.45, 7) is 5.81. The van der Waals surface area contributed by atoms with E-state index in [1.165, 1.54) is 10.6 Å². The molecule has 1 N–H and O–H groups in total. The fourth-order valence-corrected chi connectivity index (χ4v) is 2.27. The fraction of sp³-hybridized carbons (Fsp3) is 0.417. The van der Waals surface area contributed by atoms with Crippen LogP contribution in [0, 0.1) is 13.8 Å². The lowest BCUT2D eigenvalue weighted by Crippen LogP contribution is -2.16. The lowest BCUT2D eigenvalue weighted by atomic mass is 10.2. The topological polar surface area (TPSA) is 38.1 Å². The van der Waals surface area contributed by atoms with Crippen molar-refractivity contribution in [3.63, 3.8) is 0 Å². The average molecular weight is 236 g/mol. The summed E-state index contributed by atoms with van der Waals surface area (Å²) in [7, 11) is 0. The van der Waals surface area contributed by atoms with E-state index in [2.05, 4.69) is 16.4 Å². The predicted octanol–water partition coefficient (Wildman–Crippen LogP) is 2.69. The van der Waals surface area contributed by atoms with Crippen LogP contribution in [0.3, 0.4) is 0 Å². The second kappa shape index (κ2) is 5.27. The zero-order chi connectivity index (χ0) is 11.4. The number of rotatable bonds is 5. The summed E-state index contributed by atoms with van der Waals surface area (Å²) >= 11 is 1.71. The predicted molar refractivity (Wildman–Crippen MR) is 65.7 cm³/mol. The van der Waals surface area contributed by atoms with Gasteiger partial charge in [0, 0.05) is 36.7 Å². The van der Waals surface area contributed by atoms with E-state index in [-0.39, 0.29) is 0 Å². The van der Waals surface area contributed by atoms with E-state index in [0.717, 1.165) is 31.0 Å². The van der Waals surface area contributed by atoms with Gasteiger partial charge >= 0.3 is 0 Å². The largest absolute Gasteiger partial charge is 0.466 e. The van der Waals surface area contributed by atoms with Crippen molar-refractivity contribution in [3.8, 4) is 0 Å². The molecular formula is C12H16N2OS. The zero-order valence-electron chi connectivity index (χ0n) is 9.62. The van der Waals surface area contributed by atoms with Crippen molar-refractivity contribution < 1.29 is 4.42 Å². The van der Waals surface area contributed by atoms with Crippen molar-refractivity contribution in [1.29, 1.82) is 0 Å². The molecule has 86 valence electrons. The van der Waals surface area contributed by atoms with Gasteiger partial charge in [0.2, 0.25) is 0 Å². The summed E-state index contributed by atoms with van der Waals surface area (Å²) in [6.07, 6.45) is 2.84. The molecule has 2 heterocycles. The van der Waals surface area contributed by atoms with Crippen LogP contribution in [-0.2, 0) is 13.0 Å². The maximum absolute atomic E-state index is 5.47. The monoisotopic (exact) mass is 236 g/mol. The molecule has 0 bridgehead atoms. The van der Waals surface area contributed by atoms with Gasteiger partial charge in [0.25, 0.3) is 0 Å². The smallest absolute Gasteiger partial charge is 0.105 e. The minimum atomic E-state index is 0.870. The van der Waals surface area contributed by atoms with E-state index in [0.29, 0.717) is 0 Å². The molecular weight excluding hydrogens is 220 g/mol. The highest BCUT2D eigenvalue weighted by atomic mass is 32.1. The van der Waals surface area contributed by atoms with Gasteiger partial charge in [-0.25, -0.2) is 4.98 Å². The van der Waals surface area contributed by atoms with Gasteiger partial charge in [0.05, 0.1) is 5.01 Å². The van der Waals surface area contributed by atoms with Crippen LogP contribution in [0.1, 0.15) is 22.1 Å². The van der Waals surface area contributed by atoms with E-state index < -0.39 is 0 Å². The Morgan fingerprint density at radius 2 is 2.31 bits per heavy atom. The van der Waals surface area contributed by atoms with Crippen LogP contribution in [0.15, 0.2) is 22.1 Å². The van der Waals surface area contributed by atoms with Gasteiger partial charge in [-0.3, -0.25) is 0 Å². The molecule has 0 radical (unpaired) electrons. The molecule has 0 amide bonds. The quantitative estimate of drug-likeness (QED) is 0.811. The van der Waals surface area contributed by atoms with E-state index in [9.17, 15) is 0 Å². The van der Waals surface area contributed by atoms with Crippen LogP contribution in [0.5, 0.6) is 0 Å². The number of nitrogens with one attached hydrogen (secondary N) is 1. The molecule has 0 unspecified atom stereocenters. The van der Waals surface area contributed by atoms with E-state index in [4.69, 9.17) is 4.42 Å². The molecule has 2 aromatic heterocycles. The highest BCUT2D eigenvalue weighted by Gasteiger charge is 2.03. The number of hydrogen-bond acceptors (Lipinski definition) is 4. The Morgan fingerprint density at radius 3 is 2.94 bits per heavy atom. The standard InChI is InChI=1S/C12H16N2OS/c1-9-7-11(10(2)15-9)8-13-4-3-12-14-5-6-16-12/h5-7,13H,3-4,8H2,1-2H3. The molecule has 2 aromatic rings. The number of furan rings is 1. The van der Waals surface area contributed by atoms with Crippen molar-refractivity contribution in [2.75, 3.05) is 6.54 Å². The minimum Gasteiger partial charge on any atom is -0.466 e. The second-order valence-corrected chi connectivity index (χ2v) is 4.77. The lowest BCUT2D eigenvalue weighted by molar-refractivity contribution is 0.499.